The van der Waals surface area contributed by atoms with Crippen LogP contribution in [0.3, 0.4) is 0 Å². The van der Waals surface area contributed by atoms with E-state index in [-0.39, 0.29) is 23.3 Å². The molecule has 2 aromatic rings. The zero-order valence-corrected chi connectivity index (χ0v) is 19.3. The number of aromatic nitrogens is 1. The summed E-state index contributed by atoms with van der Waals surface area (Å²) in [7, 11) is 0. The minimum atomic E-state index is -0.526. The molecule has 4 atom stereocenters. The van der Waals surface area contributed by atoms with Crippen LogP contribution in [-0.4, -0.2) is 10.1 Å². The lowest BCUT2D eigenvalue weighted by atomic mass is 9.69. The molecule has 1 aliphatic heterocycles. The normalized spacial score (nSPS) is 31.3. The predicted molar refractivity (Wildman–Crippen MR) is 119 cm³/mol. The largest absolute Gasteiger partial charge is 0.388 e. The fraction of sp³-hybridized carbons (Fsp3) is 0.593. The first-order chi connectivity index (χ1) is 14.6. The number of ether oxygens (including phenoxy) is 1. The molecule has 3 aliphatic rings. The van der Waals surface area contributed by atoms with Crippen LogP contribution < -0.4 is 0 Å². The molecular weight excluding hydrogens is 389 g/mol. The highest BCUT2D eigenvalue weighted by molar-refractivity contribution is 5.54. The van der Waals surface area contributed by atoms with Crippen LogP contribution in [0.25, 0.3) is 0 Å². The third-order valence-electron chi connectivity index (χ3n) is 7.82. The highest BCUT2D eigenvalue weighted by Crippen LogP contribution is 2.61. The first kappa shape index (κ1) is 21.1. The number of hydrogen-bond donors (Lipinski definition) is 1. The minimum absolute atomic E-state index is 0.0200. The predicted octanol–water partition coefficient (Wildman–Crippen LogP) is 6.48. The van der Waals surface area contributed by atoms with Gasteiger partial charge in [-0.05, 0) is 72.6 Å². The van der Waals surface area contributed by atoms with Gasteiger partial charge < -0.3 is 9.84 Å². The smallest absolute Gasteiger partial charge is 0.123 e. The maximum Gasteiger partial charge on any atom is 0.123 e. The van der Waals surface area contributed by atoms with Crippen LogP contribution in [0.5, 0.6) is 0 Å². The van der Waals surface area contributed by atoms with Crippen LogP contribution >= 0.6 is 0 Å². The Balaban J connectivity index is 1.82. The molecule has 2 heterocycles. The quantitative estimate of drug-likeness (QED) is 0.601. The molecule has 4 unspecified atom stereocenters. The first-order valence-electron chi connectivity index (χ1n) is 11.8. The summed E-state index contributed by atoms with van der Waals surface area (Å²) in [6, 6.07) is 6.70. The molecule has 31 heavy (non-hydrogen) atoms. The summed E-state index contributed by atoms with van der Waals surface area (Å²) in [5.74, 6) is 0.362. The average Bonchev–Trinajstić information content (AvgIpc) is 3.22. The van der Waals surface area contributed by atoms with Crippen molar-refractivity contribution in [3.05, 3.63) is 63.7 Å². The lowest BCUT2D eigenvalue weighted by Crippen LogP contribution is -2.34. The monoisotopic (exact) mass is 423 g/mol. The van der Waals surface area contributed by atoms with Gasteiger partial charge in [0.25, 0.3) is 0 Å². The van der Waals surface area contributed by atoms with Gasteiger partial charge in [-0.3, -0.25) is 4.98 Å². The van der Waals surface area contributed by atoms with Gasteiger partial charge in [0, 0.05) is 22.5 Å². The molecule has 2 aliphatic carbocycles. The third-order valence-corrected chi connectivity index (χ3v) is 7.82. The van der Waals surface area contributed by atoms with Crippen molar-refractivity contribution in [1.82, 2.24) is 4.98 Å². The highest BCUT2D eigenvalue weighted by atomic mass is 19.1. The van der Waals surface area contributed by atoms with Crippen LogP contribution in [0, 0.1) is 17.2 Å². The van der Waals surface area contributed by atoms with Gasteiger partial charge >= 0.3 is 0 Å². The van der Waals surface area contributed by atoms with E-state index in [1.165, 1.54) is 17.7 Å². The van der Waals surface area contributed by atoms with Crippen molar-refractivity contribution in [2.75, 3.05) is 0 Å². The van der Waals surface area contributed by atoms with Gasteiger partial charge in [-0.1, -0.05) is 46.8 Å². The second-order valence-electron chi connectivity index (χ2n) is 11.1. The molecule has 0 saturated heterocycles. The van der Waals surface area contributed by atoms with Gasteiger partial charge in [0.05, 0.1) is 11.7 Å². The third kappa shape index (κ3) is 3.17. The average molecular weight is 424 g/mol. The maximum absolute atomic E-state index is 13.7. The minimum Gasteiger partial charge on any atom is -0.388 e. The molecular formula is C27H34FNO2. The number of hydrogen-bond acceptors (Lipinski definition) is 3. The molecule has 4 heteroatoms. The molecule has 1 aromatic heterocycles. The van der Waals surface area contributed by atoms with Crippen molar-refractivity contribution in [2.24, 2.45) is 11.3 Å². The number of nitrogens with zero attached hydrogens (tertiary/aromatic N) is 1. The van der Waals surface area contributed by atoms with Crippen LogP contribution in [0.2, 0.25) is 0 Å². The van der Waals surface area contributed by atoms with Crippen molar-refractivity contribution in [2.45, 2.75) is 90.4 Å². The maximum atomic E-state index is 13.7. The van der Waals surface area contributed by atoms with E-state index in [4.69, 9.17) is 9.72 Å². The lowest BCUT2D eigenvalue weighted by Gasteiger charge is -2.39. The van der Waals surface area contributed by atoms with Crippen molar-refractivity contribution >= 4 is 0 Å². The summed E-state index contributed by atoms with van der Waals surface area (Å²) in [6.45, 7) is 11.1. The zero-order chi connectivity index (χ0) is 22.1. The molecule has 1 spiro atoms. The Labute approximate surface area is 185 Å². The SMILES string of the molecule is CC(C)c1nc2c(c3c1C(c1ccc(F)cc1)OC31CCCC1C)C(O)CC(C)(C)C2. The second-order valence-corrected chi connectivity index (χ2v) is 11.1. The molecule has 0 bridgehead atoms. The van der Waals surface area contributed by atoms with Crippen molar-refractivity contribution in [3.63, 3.8) is 0 Å². The number of halogens is 1. The van der Waals surface area contributed by atoms with Gasteiger partial charge in [0.15, 0.2) is 0 Å². The van der Waals surface area contributed by atoms with Gasteiger partial charge in [-0.25, -0.2) is 4.39 Å². The van der Waals surface area contributed by atoms with Crippen LogP contribution in [0.1, 0.15) is 112 Å². The Hall–Kier alpha value is -1.78. The molecule has 1 fully saturated rings. The van der Waals surface area contributed by atoms with Crippen LogP contribution in [0.15, 0.2) is 24.3 Å². The fourth-order valence-electron chi connectivity index (χ4n) is 6.39. The molecule has 0 radical (unpaired) electrons. The van der Waals surface area contributed by atoms with Gasteiger partial charge in [0.1, 0.15) is 11.9 Å². The number of fused-ring (bicyclic) bond motifs is 4. The molecule has 0 amide bonds. The summed E-state index contributed by atoms with van der Waals surface area (Å²) < 4.78 is 20.7. The van der Waals surface area contributed by atoms with E-state index < -0.39 is 11.7 Å². The lowest BCUT2D eigenvalue weighted by molar-refractivity contribution is -0.0842. The Kier molecular flexibility index (Phi) is 4.84. The van der Waals surface area contributed by atoms with Crippen molar-refractivity contribution < 1.29 is 14.2 Å². The van der Waals surface area contributed by atoms with E-state index in [9.17, 15) is 9.50 Å². The van der Waals surface area contributed by atoms with Crippen molar-refractivity contribution in [3.8, 4) is 0 Å². The van der Waals surface area contributed by atoms with E-state index in [2.05, 4.69) is 34.6 Å². The van der Waals surface area contributed by atoms with E-state index >= 15 is 0 Å². The van der Waals surface area contributed by atoms with E-state index in [0.717, 1.165) is 60.2 Å². The molecule has 3 nitrogen and oxygen atoms in total. The summed E-state index contributed by atoms with van der Waals surface area (Å²) in [5, 5.41) is 11.4. The Bertz CT molecular complexity index is 1010. The number of pyridine rings is 1. The fourth-order valence-corrected chi connectivity index (χ4v) is 6.39. The summed E-state index contributed by atoms with van der Waals surface area (Å²) in [4.78, 5) is 5.19. The topological polar surface area (TPSA) is 42.4 Å². The van der Waals surface area contributed by atoms with Gasteiger partial charge in [0.2, 0.25) is 0 Å². The Morgan fingerprint density at radius 3 is 2.48 bits per heavy atom. The molecule has 5 rings (SSSR count). The van der Waals surface area contributed by atoms with E-state index in [0.29, 0.717) is 5.92 Å². The molecule has 1 aromatic carbocycles. The van der Waals surface area contributed by atoms with E-state index in [1.807, 2.05) is 12.1 Å². The number of aliphatic hydroxyl groups is 1. The number of benzene rings is 1. The molecule has 166 valence electrons. The molecule has 1 N–H and O–H groups in total. The standard InChI is InChI=1S/C27H34FNO2/c1-15(2)24-22-23(21-19(29-24)13-26(4,5)14-20(21)30)27(12-6-7-16(27)3)31-25(22)17-8-10-18(28)11-9-17/h8-11,15-16,20,25,30H,6-7,12-14H2,1-5H3. The first-order valence-corrected chi connectivity index (χ1v) is 11.8. The number of rotatable bonds is 2. The Morgan fingerprint density at radius 2 is 1.87 bits per heavy atom. The summed E-state index contributed by atoms with van der Waals surface area (Å²) >= 11 is 0. The highest BCUT2D eigenvalue weighted by Gasteiger charge is 2.55. The Morgan fingerprint density at radius 1 is 1.16 bits per heavy atom. The van der Waals surface area contributed by atoms with Gasteiger partial charge in [-0.15, -0.1) is 0 Å². The molecule has 1 saturated carbocycles. The summed E-state index contributed by atoms with van der Waals surface area (Å²) in [6.07, 6.45) is 4.01. The second kappa shape index (κ2) is 7.11. The van der Waals surface area contributed by atoms with Gasteiger partial charge in [-0.2, -0.15) is 0 Å². The van der Waals surface area contributed by atoms with E-state index in [1.54, 1.807) is 0 Å². The summed E-state index contributed by atoms with van der Waals surface area (Å²) in [5.41, 5.74) is 6.08. The van der Waals surface area contributed by atoms with Crippen molar-refractivity contribution in [1.29, 1.82) is 0 Å². The number of aliphatic hydroxyl groups excluding tert-OH is 1. The van der Waals surface area contributed by atoms with Crippen LogP contribution in [-0.2, 0) is 16.8 Å². The zero-order valence-electron chi connectivity index (χ0n) is 19.3. The van der Waals surface area contributed by atoms with Crippen LogP contribution in [0.4, 0.5) is 4.39 Å².